The van der Waals surface area contributed by atoms with Crippen LogP contribution < -0.4 is 5.32 Å². The number of nitrogens with one attached hydrogen (secondary N) is 1. The lowest BCUT2D eigenvalue weighted by Gasteiger charge is -2.23. The third-order valence-corrected chi connectivity index (χ3v) is 8.87. The molecule has 0 aromatic heterocycles. The summed E-state index contributed by atoms with van der Waals surface area (Å²) < 4.78 is 5.39. The average Bonchev–Trinajstić information content (AvgIpc) is 3.02. The molecule has 232 valence electrons. The lowest BCUT2D eigenvalue weighted by atomic mass is 10.0. The minimum atomic E-state index is -0.257. The molecule has 0 aliphatic rings. The highest BCUT2D eigenvalue weighted by molar-refractivity contribution is 7.99. The van der Waals surface area contributed by atoms with Crippen molar-refractivity contribution in [3.05, 3.63) is 101 Å². The molecule has 0 spiro atoms. The largest absolute Gasteiger partial charge is 0.465 e. The molecular weight excluding hydrogens is 552 g/mol. The maximum atomic E-state index is 13.3. The fraction of sp³-hybridized carbons (Fsp3) is 0.459. The van der Waals surface area contributed by atoms with Crippen molar-refractivity contribution in [3.63, 3.8) is 0 Å². The summed E-state index contributed by atoms with van der Waals surface area (Å²) in [5.74, 6) is 1.06. The summed E-state index contributed by atoms with van der Waals surface area (Å²) in [6.45, 7) is 10.2. The van der Waals surface area contributed by atoms with E-state index in [0.717, 1.165) is 42.8 Å². The van der Waals surface area contributed by atoms with Gasteiger partial charge in [-0.2, -0.15) is 0 Å². The summed E-state index contributed by atoms with van der Waals surface area (Å²) in [6, 6.07) is 26.8. The van der Waals surface area contributed by atoms with E-state index in [1.165, 1.54) is 36.0 Å². The second kappa shape index (κ2) is 19.1. The summed E-state index contributed by atoms with van der Waals surface area (Å²) in [4.78, 5) is 28.0. The van der Waals surface area contributed by atoms with E-state index in [9.17, 15) is 9.59 Å². The molecule has 1 atom stereocenters. The van der Waals surface area contributed by atoms with E-state index in [1.807, 2.05) is 42.2 Å². The molecule has 2 amide bonds. The monoisotopic (exact) mass is 602 g/mol. The van der Waals surface area contributed by atoms with Crippen molar-refractivity contribution in [1.82, 2.24) is 4.90 Å². The molecule has 3 rings (SSSR count). The predicted molar refractivity (Wildman–Crippen MR) is 182 cm³/mol. The van der Waals surface area contributed by atoms with Crippen LogP contribution >= 0.6 is 11.8 Å². The minimum absolute atomic E-state index is 0.0443. The highest BCUT2D eigenvalue weighted by Crippen LogP contribution is 2.23. The van der Waals surface area contributed by atoms with Gasteiger partial charge in [-0.25, -0.2) is 4.79 Å². The Labute approximate surface area is 263 Å². The molecule has 43 heavy (non-hydrogen) atoms. The van der Waals surface area contributed by atoms with Crippen molar-refractivity contribution in [1.29, 1.82) is 0 Å². The molecule has 0 aliphatic carbocycles. The Morgan fingerprint density at radius 2 is 1.47 bits per heavy atom. The first kappa shape index (κ1) is 34.2. The predicted octanol–water partition coefficient (Wildman–Crippen LogP) is 9.26. The van der Waals surface area contributed by atoms with E-state index in [4.69, 9.17) is 4.74 Å². The molecule has 0 saturated carbocycles. The number of unbranched alkanes of at least 4 members (excludes halogenated alkanes) is 4. The number of thioether (sulfide) groups is 1. The van der Waals surface area contributed by atoms with Gasteiger partial charge in [0.2, 0.25) is 0 Å². The maximum Gasteiger partial charge on any atom is 0.321 e. The zero-order chi connectivity index (χ0) is 30.9. The summed E-state index contributed by atoms with van der Waals surface area (Å²) in [7, 11) is 0. The third kappa shape index (κ3) is 12.5. The van der Waals surface area contributed by atoms with Gasteiger partial charge in [0, 0.05) is 24.5 Å². The van der Waals surface area contributed by atoms with Crippen LogP contribution in [-0.4, -0.2) is 41.8 Å². The van der Waals surface area contributed by atoms with Crippen molar-refractivity contribution in [2.45, 2.75) is 89.6 Å². The van der Waals surface area contributed by atoms with Crippen LogP contribution in [0.4, 0.5) is 10.5 Å². The fourth-order valence-electron chi connectivity index (χ4n) is 4.91. The number of esters is 1. The first-order valence-corrected chi connectivity index (χ1v) is 17.0. The maximum absolute atomic E-state index is 13.3. The van der Waals surface area contributed by atoms with Crippen LogP contribution in [0.3, 0.4) is 0 Å². The van der Waals surface area contributed by atoms with E-state index < -0.39 is 0 Å². The normalized spacial score (nSPS) is 11.7. The molecule has 0 aliphatic heterocycles. The lowest BCUT2D eigenvalue weighted by Crippen LogP contribution is -2.37. The first-order chi connectivity index (χ1) is 20.9. The van der Waals surface area contributed by atoms with Crippen molar-refractivity contribution in [3.8, 4) is 0 Å². The summed E-state index contributed by atoms with van der Waals surface area (Å²) in [5.41, 5.74) is 5.58. The Hall–Kier alpha value is -3.25. The molecule has 0 heterocycles. The van der Waals surface area contributed by atoms with E-state index in [-0.39, 0.29) is 17.3 Å². The fourth-order valence-corrected chi connectivity index (χ4v) is 6.01. The van der Waals surface area contributed by atoms with Crippen LogP contribution in [0.1, 0.15) is 88.0 Å². The van der Waals surface area contributed by atoms with E-state index in [1.54, 1.807) is 11.8 Å². The number of benzene rings is 3. The van der Waals surface area contributed by atoms with Gasteiger partial charge in [0.05, 0.1) is 6.61 Å². The van der Waals surface area contributed by atoms with Crippen LogP contribution in [0.25, 0.3) is 0 Å². The highest BCUT2D eigenvalue weighted by atomic mass is 32.2. The SMILES string of the molecule is CCCCCCCN(CCc1ccc(CC(SCc2ccccc2)C(=O)OCC)cc1)C(=O)Nc1ccc(C(C)C)cc1. The number of urea groups is 1. The van der Waals surface area contributed by atoms with Crippen LogP contribution in [0.2, 0.25) is 0 Å². The average molecular weight is 603 g/mol. The molecule has 0 radical (unpaired) electrons. The number of ether oxygens (including phenoxy) is 1. The van der Waals surface area contributed by atoms with Crippen molar-refractivity contribution < 1.29 is 14.3 Å². The quantitative estimate of drug-likeness (QED) is 0.116. The molecule has 0 saturated heterocycles. The number of hydrogen-bond acceptors (Lipinski definition) is 4. The number of carbonyl (C=O) groups is 2. The first-order valence-electron chi connectivity index (χ1n) is 16.0. The van der Waals surface area contributed by atoms with Gasteiger partial charge in [0.1, 0.15) is 5.25 Å². The molecule has 1 N–H and O–H groups in total. The van der Waals surface area contributed by atoms with Crippen LogP contribution in [0.5, 0.6) is 0 Å². The third-order valence-electron chi connectivity index (χ3n) is 7.61. The van der Waals surface area contributed by atoms with Crippen LogP contribution in [0, 0.1) is 0 Å². The van der Waals surface area contributed by atoms with Gasteiger partial charge in [-0.1, -0.05) is 113 Å². The van der Waals surface area contributed by atoms with Crippen molar-refractivity contribution in [2.24, 2.45) is 0 Å². The number of hydrogen-bond donors (Lipinski definition) is 1. The molecule has 0 fully saturated rings. The summed E-state index contributed by atoms with van der Waals surface area (Å²) in [6.07, 6.45) is 7.20. The number of rotatable bonds is 18. The Morgan fingerprint density at radius 3 is 2.12 bits per heavy atom. The van der Waals surface area contributed by atoms with Gasteiger partial charge < -0.3 is 15.0 Å². The van der Waals surface area contributed by atoms with Crippen molar-refractivity contribution in [2.75, 3.05) is 25.0 Å². The molecule has 0 bridgehead atoms. The van der Waals surface area contributed by atoms with Gasteiger partial charge in [0.15, 0.2) is 0 Å². The molecule has 6 heteroatoms. The minimum Gasteiger partial charge on any atom is -0.465 e. The smallest absolute Gasteiger partial charge is 0.321 e. The molecular formula is C37H50N2O3S. The Kier molecular flexibility index (Phi) is 15.2. The summed E-state index contributed by atoms with van der Waals surface area (Å²) >= 11 is 1.63. The van der Waals surface area contributed by atoms with Crippen LogP contribution in [0.15, 0.2) is 78.9 Å². The van der Waals surface area contributed by atoms with Gasteiger partial charge >= 0.3 is 12.0 Å². The second-order valence-electron chi connectivity index (χ2n) is 11.4. The number of nitrogens with zero attached hydrogens (tertiary/aromatic N) is 1. The topological polar surface area (TPSA) is 58.6 Å². The Balaban J connectivity index is 1.59. The van der Waals surface area contributed by atoms with Gasteiger partial charge in [0.25, 0.3) is 0 Å². The van der Waals surface area contributed by atoms with Crippen LogP contribution in [-0.2, 0) is 28.1 Å². The molecule has 1 unspecified atom stereocenters. The van der Waals surface area contributed by atoms with E-state index in [0.29, 0.717) is 25.5 Å². The number of carbonyl (C=O) groups excluding carboxylic acids is 2. The van der Waals surface area contributed by atoms with Gasteiger partial charge in [-0.3, -0.25) is 4.79 Å². The standard InChI is InChI=1S/C37H50N2O3S/c1-5-7-8-9-13-25-39(37(41)38-34-22-20-33(21-23-34)29(3)4)26-24-30-16-18-31(19-17-30)27-35(36(40)42-6-2)43-28-32-14-11-10-12-15-32/h10-12,14-23,29,35H,5-9,13,24-28H2,1-4H3,(H,38,41). The Morgan fingerprint density at radius 1 is 0.791 bits per heavy atom. The van der Waals surface area contributed by atoms with E-state index in [2.05, 4.69) is 74.6 Å². The van der Waals surface area contributed by atoms with Gasteiger partial charge in [-0.15, -0.1) is 11.8 Å². The number of amides is 2. The Bertz CT molecular complexity index is 1210. The number of anilines is 1. The zero-order valence-corrected chi connectivity index (χ0v) is 27.3. The molecule has 5 nitrogen and oxygen atoms in total. The second-order valence-corrected chi connectivity index (χ2v) is 12.6. The molecule has 3 aromatic rings. The van der Waals surface area contributed by atoms with Crippen molar-refractivity contribution >= 4 is 29.4 Å². The molecule has 3 aromatic carbocycles. The summed E-state index contributed by atoms with van der Waals surface area (Å²) in [5, 5.41) is 2.86. The lowest BCUT2D eigenvalue weighted by molar-refractivity contribution is -0.142. The van der Waals surface area contributed by atoms with E-state index >= 15 is 0 Å². The van der Waals surface area contributed by atoms with Gasteiger partial charge in [-0.05, 0) is 66.5 Å². The zero-order valence-electron chi connectivity index (χ0n) is 26.5. The highest BCUT2D eigenvalue weighted by Gasteiger charge is 2.21.